The molecule has 0 aliphatic rings. The van der Waals surface area contributed by atoms with Gasteiger partial charge >= 0.3 is 0 Å². The molecule has 0 unspecified atom stereocenters. The van der Waals surface area contributed by atoms with Crippen LogP contribution in [-0.2, 0) is 0 Å². The van der Waals surface area contributed by atoms with Crippen LogP contribution in [0.1, 0.15) is 0 Å². The second kappa shape index (κ2) is 4.65. The maximum absolute atomic E-state index is 10.7. The average Bonchev–Trinajstić information content (AvgIpc) is 2.89. The third-order valence-electron chi connectivity index (χ3n) is 2.92. The molecule has 0 bridgehead atoms. The van der Waals surface area contributed by atoms with E-state index in [1.165, 1.54) is 12.1 Å². The number of hydrogen-bond donors (Lipinski definition) is 0. The van der Waals surface area contributed by atoms with Crippen molar-refractivity contribution in [2.24, 2.45) is 0 Å². The molecule has 0 radical (unpaired) electrons. The summed E-state index contributed by atoms with van der Waals surface area (Å²) in [7, 11) is 1.56. The number of rotatable bonds is 3. The van der Waals surface area contributed by atoms with E-state index >= 15 is 0 Å². The average molecular weight is 270 g/mol. The number of aromatic nitrogens is 1. The Morgan fingerprint density at radius 3 is 2.80 bits per heavy atom. The summed E-state index contributed by atoms with van der Waals surface area (Å²) in [5, 5.41) is 10.7. The van der Waals surface area contributed by atoms with Gasteiger partial charge in [0.1, 0.15) is 11.3 Å². The van der Waals surface area contributed by atoms with Crippen molar-refractivity contribution < 1.29 is 14.1 Å². The standard InChI is InChI=1S/C14H10N2O4/c1-19-12-5-3-2-4-10(12)14-15-11-7-6-9(16(17)18)8-13(11)20-14/h2-8H,1H3. The summed E-state index contributed by atoms with van der Waals surface area (Å²) in [6.45, 7) is 0. The van der Waals surface area contributed by atoms with Gasteiger partial charge in [0, 0.05) is 6.07 Å². The molecule has 6 nitrogen and oxygen atoms in total. The van der Waals surface area contributed by atoms with Crippen LogP contribution >= 0.6 is 0 Å². The molecule has 0 N–H and O–H groups in total. The summed E-state index contributed by atoms with van der Waals surface area (Å²) in [6.07, 6.45) is 0. The number of para-hydroxylation sites is 1. The molecular formula is C14H10N2O4. The van der Waals surface area contributed by atoms with E-state index in [1.807, 2.05) is 18.2 Å². The molecule has 0 atom stereocenters. The normalized spacial score (nSPS) is 10.7. The van der Waals surface area contributed by atoms with Crippen LogP contribution in [0.4, 0.5) is 5.69 Å². The fourth-order valence-electron chi connectivity index (χ4n) is 1.96. The highest BCUT2D eigenvalue weighted by Crippen LogP contribution is 2.32. The number of benzene rings is 2. The van der Waals surface area contributed by atoms with E-state index in [4.69, 9.17) is 9.15 Å². The molecule has 1 aromatic heterocycles. The van der Waals surface area contributed by atoms with Gasteiger partial charge < -0.3 is 9.15 Å². The number of hydrogen-bond acceptors (Lipinski definition) is 5. The van der Waals surface area contributed by atoms with E-state index in [1.54, 1.807) is 19.2 Å². The molecule has 3 aromatic rings. The van der Waals surface area contributed by atoms with Crippen molar-refractivity contribution in [3.63, 3.8) is 0 Å². The molecule has 0 saturated heterocycles. The zero-order valence-corrected chi connectivity index (χ0v) is 10.6. The summed E-state index contributed by atoms with van der Waals surface area (Å²) < 4.78 is 10.8. The fourth-order valence-corrected chi connectivity index (χ4v) is 1.96. The van der Waals surface area contributed by atoms with Gasteiger partial charge in [0.05, 0.1) is 23.7 Å². The smallest absolute Gasteiger partial charge is 0.273 e. The topological polar surface area (TPSA) is 78.4 Å². The first-order valence-corrected chi connectivity index (χ1v) is 5.87. The van der Waals surface area contributed by atoms with Gasteiger partial charge in [-0.3, -0.25) is 10.1 Å². The highest BCUT2D eigenvalue weighted by molar-refractivity contribution is 5.79. The van der Waals surface area contributed by atoms with Crippen molar-refractivity contribution in [3.8, 4) is 17.2 Å². The zero-order chi connectivity index (χ0) is 14.1. The number of ether oxygens (including phenoxy) is 1. The lowest BCUT2D eigenvalue weighted by molar-refractivity contribution is -0.384. The molecular weight excluding hydrogens is 260 g/mol. The largest absolute Gasteiger partial charge is 0.496 e. The van der Waals surface area contributed by atoms with Crippen molar-refractivity contribution in [2.45, 2.75) is 0 Å². The summed E-state index contributed by atoms with van der Waals surface area (Å²) in [5.41, 5.74) is 1.62. The molecule has 0 saturated carbocycles. The predicted molar refractivity (Wildman–Crippen MR) is 72.7 cm³/mol. The van der Waals surface area contributed by atoms with Crippen LogP contribution in [0.15, 0.2) is 46.9 Å². The molecule has 0 fully saturated rings. The van der Waals surface area contributed by atoms with E-state index < -0.39 is 4.92 Å². The maximum atomic E-state index is 10.7. The number of nitro benzene ring substituents is 1. The van der Waals surface area contributed by atoms with Gasteiger partial charge in [-0.15, -0.1) is 0 Å². The Balaban J connectivity index is 2.15. The van der Waals surface area contributed by atoms with E-state index in [-0.39, 0.29) is 5.69 Å². The first-order chi connectivity index (χ1) is 9.69. The van der Waals surface area contributed by atoms with Gasteiger partial charge in [-0.05, 0) is 18.2 Å². The Hall–Kier alpha value is -2.89. The first-order valence-electron chi connectivity index (χ1n) is 5.87. The minimum Gasteiger partial charge on any atom is -0.496 e. The minimum atomic E-state index is -0.468. The van der Waals surface area contributed by atoms with E-state index in [2.05, 4.69) is 4.98 Å². The van der Waals surface area contributed by atoms with E-state index in [0.29, 0.717) is 28.3 Å². The summed E-state index contributed by atoms with van der Waals surface area (Å²) in [6, 6.07) is 11.6. The van der Waals surface area contributed by atoms with E-state index in [0.717, 1.165) is 0 Å². The monoisotopic (exact) mass is 270 g/mol. The Morgan fingerprint density at radius 2 is 2.05 bits per heavy atom. The van der Waals surface area contributed by atoms with Gasteiger partial charge in [-0.2, -0.15) is 0 Å². The minimum absolute atomic E-state index is 0.0276. The van der Waals surface area contributed by atoms with Gasteiger partial charge in [0.2, 0.25) is 5.89 Å². The molecule has 20 heavy (non-hydrogen) atoms. The zero-order valence-electron chi connectivity index (χ0n) is 10.6. The Morgan fingerprint density at radius 1 is 1.25 bits per heavy atom. The highest BCUT2D eigenvalue weighted by Gasteiger charge is 2.15. The molecule has 100 valence electrons. The number of nitro groups is 1. The molecule has 0 aliphatic heterocycles. The second-order valence-corrected chi connectivity index (χ2v) is 4.13. The summed E-state index contributed by atoms with van der Waals surface area (Å²) in [5.74, 6) is 1.01. The van der Waals surface area contributed by atoms with Crippen LogP contribution < -0.4 is 4.74 Å². The lowest BCUT2D eigenvalue weighted by Gasteiger charge is -2.03. The number of non-ortho nitro benzene ring substituents is 1. The van der Waals surface area contributed by atoms with Crippen molar-refractivity contribution in [1.29, 1.82) is 0 Å². The van der Waals surface area contributed by atoms with Gasteiger partial charge in [0.25, 0.3) is 5.69 Å². The quantitative estimate of drug-likeness (QED) is 0.538. The molecule has 1 heterocycles. The van der Waals surface area contributed by atoms with Crippen LogP contribution in [0.25, 0.3) is 22.6 Å². The SMILES string of the molecule is COc1ccccc1-c1nc2ccc([N+](=O)[O-])cc2o1. The highest BCUT2D eigenvalue weighted by atomic mass is 16.6. The Labute approximate surface area is 113 Å². The van der Waals surface area contributed by atoms with Crippen LogP contribution in [0, 0.1) is 10.1 Å². The van der Waals surface area contributed by atoms with Crippen molar-refractivity contribution in [1.82, 2.24) is 4.98 Å². The summed E-state index contributed by atoms with van der Waals surface area (Å²) in [4.78, 5) is 14.6. The fraction of sp³-hybridized carbons (Fsp3) is 0.0714. The van der Waals surface area contributed by atoms with Crippen molar-refractivity contribution in [2.75, 3.05) is 7.11 Å². The third kappa shape index (κ3) is 1.97. The van der Waals surface area contributed by atoms with Crippen LogP contribution in [0.2, 0.25) is 0 Å². The molecule has 2 aromatic carbocycles. The van der Waals surface area contributed by atoms with Crippen molar-refractivity contribution in [3.05, 3.63) is 52.6 Å². The lowest BCUT2D eigenvalue weighted by atomic mass is 10.2. The molecule has 6 heteroatoms. The molecule has 3 rings (SSSR count). The predicted octanol–water partition coefficient (Wildman–Crippen LogP) is 3.41. The number of fused-ring (bicyclic) bond motifs is 1. The van der Waals surface area contributed by atoms with Crippen molar-refractivity contribution >= 4 is 16.8 Å². The summed E-state index contributed by atoms with van der Waals surface area (Å²) >= 11 is 0. The number of methoxy groups -OCH3 is 1. The van der Waals surface area contributed by atoms with Crippen LogP contribution in [0.3, 0.4) is 0 Å². The second-order valence-electron chi connectivity index (χ2n) is 4.13. The third-order valence-corrected chi connectivity index (χ3v) is 2.92. The molecule has 0 aliphatic carbocycles. The van der Waals surface area contributed by atoms with Crippen LogP contribution in [0.5, 0.6) is 5.75 Å². The van der Waals surface area contributed by atoms with Gasteiger partial charge in [0.15, 0.2) is 5.58 Å². The van der Waals surface area contributed by atoms with Gasteiger partial charge in [-0.25, -0.2) is 4.98 Å². The Bertz CT molecular complexity index is 795. The molecule has 0 spiro atoms. The van der Waals surface area contributed by atoms with Crippen LogP contribution in [-0.4, -0.2) is 17.0 Å². The van der Waals surface area contributed by atoms with Gasteiger partial charge in [-0.1, -0.05) is 12.1 Å². The molecule has 0 amide bonds. The Kier molecular flexibility index (Phi) is 2.83. The first kappa shape index (κ1) is 12.2. The number of nitrogens with zero attached hydrogens (tertiary/aromatic N) is 2. The lowest BCUT2D eigenvalue weighted by Crippen LogP contribution is -1.86. The number of oxazole rings is 1. The maximum Gasteiger partial charge on any atom is 0.273 e. The van der Waals surface area contributed by atoms with E-state index in [9.17, 15) is 10.1 Å².